The highest BCUT2D eigenvalue weighted by molar-refractivity contribution is 5.95. The molecule has 1 aromatic heterocycles. The Morgan fingerprint density at radius 2 is 2.00 bits per heavy atom. The van der Waals surface area contributed by atoms with Crippen molar-refractivity contribution in [2.75, 3.05) is 7.05 Å². The first-order valence-electron chi connectivity index (χ1n) is 5.67. The molecular weight excluding hydrogens is 212 g/mol. The van der Waals surface area contributed by atoms with Gasteiger partial charge < -0.3 is 5.73 Å². The number of rotatable bonds is 1. The van der Waals surface area contributed by atoms with E-state index in [9.17, 15) is 0 Å². The van der Waals surface area contributed by atoms with Crippen molar-refractivity contribution in [3.05, 3.63) is 35.8 Å². The molecule has 2 aromatic rings. The summed E-state index contributed by atoms with van der Waals surface area (Å²) in [7, 11) is 1.62. The average Bonchev–Trinajstić information content (AvgIpc) is 2.39. The summed E-state index contributed by atoms with van der Waals surface area (Å²) in [6.07, 6.45) is 1.76. The van der Waals surface area contributed by atoms with Gasteiger partial charge in [-0.15, -0.1) is 0 Å². The maximum absolute atomic E-state index is 5.65. The van der Waals surface area contributed by atoms with Crippen molar-refractivity contribution < 1.29 is 0 Å². The highest BCUT2D eigenvalue weighted by atomic mass is 15.0. The van der Waals surface area contributed by atoms with Gasteiger partial charge in [0.2, 0.25) is 0 Å². The van der Waals surface area contributed by atoms with E-state index >= 15 is 0 Å². The molecular formula is C13H18N4. The molecule has 1 heterocycles. The molecule has 0 spiro atoms. The molecule has 0 radical (unpaired) electrons. The number of fused-ring (bicyclic) bond motifs is 1. The number of benzene rings is 1. The summed E-state index contributed by atoms with van der Waals surface area (Å²) in [4.78, 5) is 12.3. The van der Waals surface area contributed by atoms with Crippen LogP contribution in [0.2, 0.25) is 0 Å². The van der Waals surface area contributed by atoms with Crippen LogP contribution in [0.3, 0.4) is 0 Å². The molecule has 0 aliphatic rings. The van der Waals surface area contributed by atoms with Crippen LogP contribution in [0, 0.1) is 6.92 Å². The normalized spacial score (nSPS) is 10.9. The fraction of sp³-hybridized carbons (Fsp3) is 0.308. The van der Waals surface area contributed by atoms with Gasteiger partial charge in [-0.25, -0.2) is 9.97 Å². The Balaban J connectivity index is 0.000000686. The lowest BCUT2D eigenvalue weighted by Crippen LogP contribution is -2.16. The van der Waals surface area contributed by atoms with E-state index in [1.165, 1.54) is 5.56 Å². The molecule has 0 saturated carbocycles. The maximum atomic E-state index is 5.65. The lowest BCUT2D eigenvalue weighted by Gasteiger charge is -2.01. The molecule has 0 saturated heterocycles. The zero-order valence-corrected chi connectivity index (χ0v) is 10.7. The van der Waals surface area contributed by atoms with Crippen molar-refractivity contribution in [1.82, 2.24) is 9.97 Å². The van der Waals surface area contributed by atoms with Crippen LogP contribution in [0.1, 0.15) is 25.2 Å². The minimum Gasteiger partial charge on any atom is -0.381 e. The second-order valence-corrected chi connectivity index (χ2v) is 3.36. The van der Waals surface area contributed by atoms with E-state index in [4.69, 9.17) is 5.73 Å². The van der Waals surface area contributed by atoms with Gasteiger partial charge in [0.05, 0.1) is 5.52 Å². The number of aromatic nitrogens is 2. The van der Waals surface area contributed by atoms with Crippen molar-refractivity contribution in [3.63, 3.8) is 0 Å². The molecule has 2 N–H and O–H groups in total. The van der Waals surface area contributed by atoms with Gasteiger partial charge in [-0.2, -0.15) is 0 Å². The van der Waals surface area contributed by atoms with Crippen LogP contribution in [0.5, 0.6) is 0 Å². The van der Waals surface area contributed by atoms with Crippen molar-refractivity contribution in [2.45, 2.75) is 20.8 Å². The SMILES string of the molecule is CC.CN=C(N)c1ncc2ccc(C)cc2n1. The van der Waals surface area contributed by atoms with Crippen molar-refractivity contribution in [2.24, 2.45) is 10.7 Å². The monoisotopic (exact) mass is 230 g/mol. The van der Waals surface area contributed by atoms with E-state index in [0.29, 0.717) is 11.7 Å². The van der Waals surface area contributed by atoms with Crippen LogP contribution in [0.4, 0.5) is 0 Å². The van der Waals surface area contributed by atoms with E-state index in [2.05, 4.69) is 15.0 Å². The minimum atomic E-state index is 0.360. The highest BCUT2D eigenvalue weighted by Gasteiger charge is 2.02. The van der Waals surface area contributed by atoms with Gasteiger partial charge in [0.1, 0.15) is 0 Å². The van der Waals surface area contributed by atoms with Crippen LogP contribution in [0.15, 0.2) is 29.4 Å². The molecule has 0 bridgehead atoms. The summed E-state index contributed by atoms with van der Waals surface area (Å²) in [5, 5.41) is 1.01. The van der Waals surface area contributed by atoms with Crippen LogP contribution in [-0.4, -0.2) is 22.9 Å². The van der Waals surface area contributed by atoms with E-state index in [1.807, 2.05) is 39.0 Å². The summed E-state index contributed by atoms with van der Waals surface area (Å²) in [5.74, 6) is 0.842. The zero-order valence-electron chi connectivity index (χ0n) is 10.7. The molecule has 0 atom stereocenters. The molecule has 0 unspecified atom stereocenters. The smallest absolute Gasteiger partial charge is 0.195 e. The number of aliphatic imine (C=N–C) groups is 1. The first kappa shape index (κ1) is 13.1. The molecule has 4 nitrogen and oxygen atoms in total. The molecule has 90 valence electrons. The molecule has 2 rings (SSSR count). The van der Waals surface area contributed by atoms with Gasteiger partial charge in [-0.1, -0.05) is 26.0 Å². The Bertz CT molecular complexity index is 532. The van der Waals surface area contributed by atoms with Crippen molar-refractivity contribution in [3.8, 4) is 0 Å². The number of amidine groups is 1. The van der Waals surface area contributed by atoms with Gasteiger partial charge in [0, 0.05) is 18.6 Å². The Labute approximate surface area is 102 Å². The molecule has 0 amide bonds. The van der Waals surface area contributed by atoms with Crippen LogP contribution >= 0.6 is 0 Å². The van der Waals surface area contributed by atoms with E-state index in [1.54, 1.807) is 13.2 Å². The third-order valence-electron chi connectivity index (χ3n) is 2.21. The first-order valence-corrected chi connectivity index (χ1v) is 5.67. The quantitative estimate of drug-likeness (QED) is 0.604. The van der Waals surface area contributed by atoms with Gasteiger partial charge in [-0.3, -0.25) is 4.99 Å². The fourth-order valence-electron chi connectivity index (χ4n) is 1.36. The van der Waals surface area contributed by atoms with Gasteiger partial charge >= 0.3 is 0 Å². The van der Waals surface area contributed by atoms with E-state index < -0.39 is 0 Å². The topological polar surface area (TPSA) is 64.2 Å². The summed E-state index contributed by atoms with van der Waals surface area (Å²) in [6.45, 7) is 6.03. The molecule has 0 aliphatic heterocycles. The standard InChI is InChI=1S/C11H12N4.C2H6/c1-7-3-4-8-6-14-11(10(12)13-2)15-9(8)5-7;1-2/h3-6H,1-2H3,(H2,12,13);1-2H3. The Hall–Kier alpha value is -1.97. The molecule has 17 heavy (non-hydrogen) atoms. The van der Waals surface area contributed by atoms with Gasteiger partial charge in [-0.05, 0) is 18.6 Å². The summed E-state index contributed by atoms with van der Waals surface area (Å²) in [6, 6.07) is 6.03. The second-order valence-electron chi connectivity index (χ2n) is 3.36. The number of hydrogen-bond donors (Lipinski definition) is 1. The molecule has 0 fully saturated rings. The number of aryl methyl sites for hydroxylation is 1. The van der Waals surface area contributed by atoms with E-state index in [-0.39, 0.29) is 0 Å². The van der Waals surface area contributed by atoms with Gasteiger partial charge in [0.15, 0.2) is 11.7 Å². The largest absolute Gasteiger partial charge is 0.381 e. The predicted octanol–water partition coefficient (Wildman–Crippen LogP) is 2.30. The predicted molar refractivity (Wildman–Crippen MR) is 72.3 cm³/mol. The van der Waals surface area contributed by atoms with Gasteiger partial charge in [0.25, 0.3) is 0 Å². The van der Waals surface area contributed by atoms with Crippen molar-refractivity contribution in [1.29, 1.82) is 0 Å². The average molecular weight is 230 g/mol. The van der Waals surface area contributed by atoms with Crippen LogP contribution in [-0.2, 0) is 0 Å². The highest BCUT2D eigenvalue weighted by Crippen LogP contribution is 2.12. The number of hydrogen-bond acceptors (Lipinski definition) is 3. The lowest BCUT2D eigenvalue weighted by molar-refractivity contribution is 1.16. The maximum Gasteiger partial charge on any atom is 0.195 e. The minimum absolute atomic E-state index is 0.360. The first-order chi connectivity index (χ1) is 8.20. The molecule has 0 aliphatic carbocycles. The van der Waals surface area contributed by atoms with Crippen molar-refractivity contribution >= 4 is 16.7 Å². The number of nitrogens with zero attached hydrogens (tertiary/aromatic N) is 3. The Morgan fingerprint density at radius 3 is 2.65 bits per heavy atom. The Kier molecular flexibility index (Phi) is 4.57. The summed E-state index contributed by atoms with van der Waals surface area (Å²) in [5.41, 5.74) is 7.71. The Morgan fingerprint density at radius 1 is 1.29 bits per heavy atom. The molecule has 1 aromatic carbocycles. The third-order valence-corrected chi connectivity index (χ3v) is 2.21. The van der Waals surface area contributed by atoms with Crippen LogP contribution < -0.4 is 5.73 Å². The van der Waals surface area contributed by atoms with Crippen LogP contribution in [0.25, 0.3) is 10.9 Å². The molecule has 4 heteroatoms. The third kappa shape index (κ3) is 3.00. The lowest BCUT2D eigenvalue weighted by atomic mass is 10.2. The number of nitrogens with two attached hydrogens (primary N) is 1. The fourth-order valence-corrected chi connectivity index (χ4v) is 1.36. The zero-order chi connectivity index (χ0) is 12.8. The summed E-state index contributed by atoms with van der Waals surface area (Å²) < 4.78 is 0. The van der Waals surface area contributed by atoms with E-state index in [0.717, 1.165) is 10.9 Å². The summed E-state index contributed by atoms with van der Waals surface area (Å²) >= 11 is 0. The second kappa shape index (κ2) is 5.94.